The highest BCUT2D eigenvalue weighted by Gasteiger charge is 2.23. The number of alkyl halides is 1. The maximum Gasteiger partial charge on any atom is 0.123 e. The third-order valence-electron chi connectivity index (χ3n) is 4.86. The van der Waals surface area contributed by atoms with E-state index in [1.807, 2.05) is 24.5 Å². The molecule has 130 valence electrons. The molecule has 1 aromatic carbocycles. The van der Waals surface area contributed by atoms with E-state index < -0.39 is 12.3 Å². The molecule has 1 saturated heterocycles. The molecule has 3 rings (SSSR count). The fourth-order valence-electron chi connectivity index (χ4n) is 3.54. The number of β-amino-alcohol motifs (C(OH)–C–C–N with tert-alkyl or cyclic N) is 1. The van der Waals surface area contributed by atoms with Crippen LogP contribution in [0, 0.1) is 19.7 Å². The van der Waals surface area contributed by atoms with Crippen LogP contribution in [-0.4, -0.2) is 40.4 Å². The summed E-state index contributed by atoms with van der Waals surface area (Å²) in [6, 6.07) is 8.32. The topological polar surface area (TPSA) is 28.4 Å². The summed E-state index contributed by atoms with van der Waals surface area (Å²) in [6.07, 6.45) is -0.230. The molecular formula is C19H24F2N2O. The van der Waals surface area contributed by atoms with Crippen LogP contribution < -0.4 is 0 Å². The van der Waals surface area contributed by atoms with E-state index in [-0.39, 0.29) is 5.82 Å². The summed E-state index contributed by atoms with van der Waals surface area (Å²) in [6.45, 7) is 5.83. The van der Waals surface area contributed by atoms with E-state index in [0.29, 0.717) is 32.5 Å². The highest BCUT2D eigenvalue weighted by molar-refractivity contribution is 5.42. The number of nitrogens with zero attached hydrogens (tertiary/aromatic N) is 2. The lowest BCUT2D eigenvalue weighted by Gasteiger charge is -2.30. The van der Waals surface area contributed by atoms with Crippen molar-refractivity contribution in [1.82, 2.24) is 9.47 Å². The molecule has 24 heavy (non-hydrogen) atoms. The molecule has 1 N–H and O–H groups in total. The minimum absolute atomic E-state index is 0.266. The van der Waals surface area contributed by atoms with Gasteiger partial charge in [-0.3, -0.25) is 0 Å². The molecule has 2 heterocycles. The van der Waals surface area contributed by atoms with E-state index >= 15 is 0 Å². The Bertz CT molecular complexity index is 688. The largest absolute Gasteiger partial charge is 0.387 e. The molecule has 0 radical (unpaired) electrons. The van der Waals surface area contributed by atoms with E-state index in [2.05, 4.69) is 4.90 Å². The average Bonchev–Trinajstić information content (AvgIpc) is 2.85. The molecule has 0 aliphatic carbocycles. The Hall–Kier alpha value is -1.72. The van der Waals surface area contributed by atoms with E-state index in [4.69, 9.17) is 0 Å². The molecule has 5 heteroatoms. The van der Waals surface area contributed by atoms with Crippen molar-refractivity contribution in [2.24, 2.45) is 0 Å². The first-order valence-corrected chi connectivity index (χ1v) is 8.45. The Morgan fingerprint density at radius 2 is 1.79 bits per heavy atom. The normalized spacial score (nSPS) is 18.0. The van der Waals surface area contributed by atoms with Crippen LogP contribution in [-0.2, 0) is 0 Å². The summed E-state index contributed by atoms with van der Waals surface area (Å²) < 4.78 is 28.4. The second-order valence-corrected chi connectivity index (χ2v) is 6.63. The summed E-state index contributed by atoms with van der Waals surface area (Å²) in [5, 5.41) is 10.6. The Morgan fingerprint density at radius 3 is 2.42 bits per heavy atom. The van der Waals surface area contributed by atoms with Gasteiger partial charge in [0, 0.05) is 42.3 Å². The zero-order chi connectivity index (χ0) is 17.3. The molecule has 0 amide bonds. The minimum atomic E-state index is -0.707. The average molecular weight is 334 g/mol. The molecule has 1 atom stereocenters. The number of rotatable bonds is 4. The van der Waals surface area contributed by atoms with Crippen molar-refractivity contribution in [3.05, 3.63) is 53.1 Å². The van der Waals surface area contributed by atoms with Crippen LogP contribution in [0.3, 0.4) is 0 Å². The van der Waals surface area contributed by atoms with Gasteiger partial charge in [0.05, 0.1) is 6.10 Å². The summed E-state index contributed by atoms with van der Waals surface area (Å²) in [4.78, 5) is 2.12. The number of aliphatic hydroxyl groups is 1. The number of likely N-dealkylation sites (tertiary alicyclic amines) is 1. The molecule has 2 aromatic rings. The predicted molar refractivity (Wildman–Crippen MR) is 90.7 cm³/mol. The number of hydrogen-bond acceptors (Lipinski definition) is 2. The van der Waals surface area contributed by atoms with Crippen molar-refractivity contribution in [2.45, 2.75) is 39.0 Å². The smallest absolute Gasteiger partial charge is 0.123 e. The molecule has 1 aromatic heterocycles. The SMILES string of the molecule is Cc1cc(C(O)CN2CCC(F)CC2)c(C)n1-c1ccc(F)cc1. The lowest BCUT2D eigenvalue weighted by Crippen LogP contribution is -2.37. The highest BCUT2D eigenvalue weighted by Crippen LogP contribution is 2.27. The summed E-state index contributed by atoms with van der Waals surface area (Å²) in [5.41, 5.74) is 3.70. The first-order chi connectivity index (χ1) is 11.5. The molecule has 3 nitrogen and oxygen atoms in total. The molecule has 0 saturated carbocycles. The van der Waals surface area contributed by atoms with Gasteiger partial charge in [-0.2, -0.15) is 0 Å². The Kier molecular flexibility index (Phi) is 5.01. The highest BCUT2D eigenvalue weighted by atomic mass is 19.1. The van der Waals surface area contributed by atoms with Crippen LogP contribution in [0.4, 0.5) is 8.78 Å². The number of aliphatic hydroxyl groups excluding tert-OH is 1. The number of benzene rings is 1. The Balaban J connectivity index is 1.79. The lowest BCUT2D eigenvalue weighted by molar-refractivity contribution is 0.0803. The molecule has 0 bridgehead atoms. The maximum atomic E-state index is 13.2. The van der Waals surface area contributed by atoms with Crippen molar-refractivity contribution >= 4 is 0 Å². The minimum Gasteiger partial charge on any atom is -0.387 e. The molecule has 1 aliphatic rings. The Labute approximate surface area is 141 Å². The molecule has 0 spiro atoms. The number of halogens is 2. The fraction of sp³-hybridized carbons (Fsp3) is 0.474. The van der Waals surface area contributed by atoms with Gasteiger partial charge >= 0.3 is 0 Å². The van der Waals surface area contributed by atoms with Gasteiger partial charge in [-0.05, 0) is 57.0 Å². The van der Waals surface area contributed by atoms with Gasteiger partial charge in [0.15, 0.2) is 0 Å². The van der Waals surface area contributed by atoms with Crippen LogP contribution in [0.15, 0.2) is 30.3 Å². The third-order valence-corrected chi connectivity index (χ3v) is 4.86. The number of piperidine rings is 1. The van der Waals surface area contributed by atoms with E-state index in [1.54, 1.807) is 12.1 Å². The van der Waals surface area contributed by atoms with Crippen LogP contribution in [0.1, 0.15) is 35.9 Å². The molecule has 1 aliphatic heterocycles. The van der Waals surface area contributed by atoms with Crippen LogP contribution in [0.5, 0.6) is 0 Å². The lowest BCUT2D eigenvalue weighted by atomic mass is 10.1. The van der Waals surface area contributed by atoms with Crippen molar-refractivity contribution < 1.29 is 13.9 Å². The summed E-state index contributed by atoms with van der Waals surface area (Å²) in [7, 11) is 0. The van der Waals surface area contributed by atoms with Crippen molar-refractivity contribution in [1.29, 1.82) is 0 Å². The molecular weight excluding hydrogens is 310 g/mol. The van der Waals surface area contributed by atoms with Gasteiger partial charge in [-0.1, -0.05) is 0 Å². The molecule has 1 unspecified atom stereocenters. The number of aryl methyl sites for hydroxylation is 1. The van der Waals surface area contributed by atoms with E-state index in [9.17, 15) is 13.9 Å². The summed E-state index contributed by atoms with van der Waals surface area (Å²) in [5.74, 6) is -0.266. The second kappa shape index (κ2) is 7.03. The van der Waals surface area contributed by atoms with Gasteiger partial charge in [0.25, 0.3) is 0 Å². The van der Waals surface area contributed by atoms with Gasteiger partial charge in [0.1, 0.15) is 12.0 Å². The monoisotopic (exact) mass is 334 g/mol. The van der Waals surface area contributed by atoms with Gasteiger partial charge in [0.2, 0.25) is 0 Å². The molecule has 1 fully saturated rings. The van der Waals surface area contributed by atoms with E-state index in [1.165, 1.54) is 12.1 Å². The zero-order valence-electron chi connectivity index (χ0n) is 14.2. The van der Waals surface area contributed by atoms with Gasteiger partial charge in [-0.25, -0.2) is 8.78 Å². The first kappa shape index (κ1) is 17.1. The quantitative estimate of drug-likeness (QED) is 0.923. The van der Waals surface area contributed by atoms with Crippen LogP contribution in [0.25, 0.3) is 5.69 Å². The van der Waals surface area contributed by atoms with Crippen molar-refractivity contribution in [2.75, 3.05) is 19.6 Å². The first-order valence-electron chi connectivity index (χ1n) is 8.45. The van der Waals surface area contributed by atoms with Crippen LogP contribution in [0.2, 0.25) is 0 Å². The van der Waals surface area contributed by atoms with Crippen molar-refractivity contribution in [3.8, 4) is 5.69 Å². The fourth-order valence-corrected chi connectivity index (χ4v) is 3.54. The third kappa shape index (κ3) is 3.52. The standard InChI is InChI=1S/C19H24F2N2O/c1-13-11-18(19(24)12-22-9-7-16(21)8-10-22)14(2)23(13)17-5-3-15(20)4-6-17/h3-6,11,16,19,24H,7-10,12H2,1-2H3. The van der Waals surface area contributed by atoms with E-state index in [0.717, 1.165) is 22.6 Å². The number of aromatic nitrogens is 1. The van der Waals surface area contributed by atoms with Crippen molar-refractivity contribution in [3.63, 3.8) is 0 Å². The maximum absolute atomic E-state index is 13.2. The Morgan fingerprint density at radius 1 is 1.17 bits per heavy atom. The summed E-state index contributed by atoms with van der Waals surface area (Å²) >= 11 is 0. The van der Waals surface area contributed by atoms with Gasteiger partial charge in [-0.15, -0.1) is 0 Å². The predicted octanol–water partition coefficient (Wildman–Crippen LogP) is 3.70. The van der Waals surface area contributed by atoms with Crippen LogP contribution >= 0.6 is 0 Å². The number of hydrogen-bond donors (Lipinski definition) is 1. The van der Waals surface area contributed by atoms with Gasteiger partial charge < -0.3 is 14.6 Å². The second-order valence-electron chi connectivity index (χ2n) is 6.63. The zero-order valence-corrected chi connectivity index (χ0v) is 14.2.